The molecule has 1 unspecified atom stereocenters. The molecular weight excluding hydrogens is 781 g/mol. The van der Waals surface area contributed by atoms with Crippen LogP contribution in [-0.4, -0.2) is 101 Å². The smallest absolute Gasteiger partial charge is 0.323 e. The topological polar surface area (TPSA) is 213 Å². The molecule has 1 aromatic carbocycles. The highest BCUT2D eigenvalue weighted by Crippen LogP contribution is 2.38. The van der Waals surface area contributed by atoms with Crippen LogP contribution >= 0.6 is 0 Å². The summed E-state index contributed by atoms with van der Waals surface area (Å²) < 4.78 is 7.78. The van der Waals surface area contributed by atoms with E-state index in [0.29, 0.717) is 92.3 Å². The van der Waals surface area contributed by atoms with Crippen molar-refractivity contribution in [2.75, 3.05) is 41.7 Å². The van der Waals surface area contributed by atoms with E-state index in [2.05, 4.69) is 46.1 Å². The van der Waals surface area contributed by atoms with Gasteiger partial charge in [-0.3, -0.25) is 24.5 Å². The zero-order valence-electron chi connectivity index (χ0n) is 34.1. The molecule has 18 heteroatoms. The van der Waals surface area contributed by atoms with Gasteiger partial charge in [0.2, 0.25) is 23.6 Å². The lowest BCUT2D eigenvalue weighted by molar-refractivity contribution is -0.137. The first-order chi connectivity index (χ1) is 29.7. The van der Waals surface area contributed by atoms with Crippen LogP contribution < -0.4 is 20.9 Å². The van der Waals surface area contributed by atoms with Crippen LogP contribution in [-0.2, 0) is 27.3 Å². The van der Waals surface area contributed by atoms with Crippen LogP contribution in [0.5, 0.6) is 0 Å². The average Bonchev–Trinajstić information content (AvgIpc) is 4.10. The summed E-state index contributed by atoms with van der Waals surface area (Å²) in [6, 6.07) is 8.37. The van der Waals surface area contributed by atoms with Gasteiger partial charge >= 0.3 is 6.03 Å². The third-order valence-corrected chi connectivity index (χ3v) is 12.2. The number of rotatable bonds is 12. The van der Waals surface area contributed by atoms with Crippen LogP contribution in [0.1, 0.15) is 107 Å². The van der Waals surface area contributed by atoms with Gasteiger partial charge in [-0.25, -0.2) is 19.3 Å². The third-order valence-electron chi connectivity index (χ3n) is 12.2. The molecule has 61 heavy (non-hydrogen) atoms. The SMILES string of the molecule is Cc1cc(NC(=O)Nc2cnc3ccnn3c2C2CCCC2)cnc1-c1nnc(CCCCCC(=O)N2CCN(c3ccc4c(c3)CN(C3CCC(=O)NC3=O)C4=O)CC2)o1.[HH].[HH].[HH]. The summed E-state index contributed by atoms with van der Waals surface area (Å²) in [5.41, 5.74) is 6.62. The lowest BCUT2D eigenvalue weighted by atomic mass is 10.0. The minimum atomic E-state index is -0.642. The van der Waals surface area contributed by atoms with E-state index in [1.165, 1.54) is 0 Å². The number of carbonyl (C=O) groups is 5. The minimum absolute atomic E-state index is 0. The van der Waals surface area contributed by atoms with Gasteiger partial charge in [-0.2, -0.15) is 5.10 Å². The number of hydrogen-bond acceptors (Lipinski definition) is 12. The van der Waals surface area contributed by atoms with Gasteiger partial charge in [-0.15, -0.1) is 10.2 Å². The summed E-state index contributed by atoms with van der Waals surface area (Å²) in [5.74, 6) is 0.334. The van der Waals surface area contributed by atoms with Crippen molar-refractivity contribution in [2.24, 2.45) is 0 Å². The molecule has 9 rings (SSSR count). The number of aryl methyl sites for hydroxylation is 2. The Morgan fingerprint density at radius 1 is 0.934 bits per heavy atom. The molecule has 3 aliphatic heterocycles. The number of imide groups is 1. The Morgan fingerprint density at radius 3 is 2.57 bits per heavy atom. The summed E-state index contributed by atoms with van der Waals surface area (Å²) >= 11 is 0. The van der Waals surface area contributed by atoms with Gasteiger partial charge in [0.1, 0.15) is 11.7 Å². The van der Waals surface area contributed by atoms with Crippen LogP contribution in [0.25, 0.3) is 17.2 Å². The van der Waals surface area contributed by atoms with Crippen LogP contribution in [0, 0.1) is 6.92 Å². The van der Waals surface area contributed by atoms with E-state index in [0.717, 1.165) is 73.1 Å². The Labute approximate surface area is 355 Å². The van der Waals surface area contributed by atoms with E-state index in [4.69, 9.17) is 4.42 Å². The monoisotopic (exact) mass is 834 g/mol. The second-order valence-corrected chi connectivity index (χ2v) is 16.3. The van der Waals surface area contributed by atoms with Crippen molar-refractivity contribution < 1.29 is 32.7 Å². The minimum Gasteiger partial charge on any atom is -0.419 e. The highest BCUT2D eigenvalue weighted by molar-refractivity contribution is 6.05. The lowest BCUT2D eigenvalue weighted by Crippen LogP contribution is -2.52. The molecule has 1 saturated carbocycles. The van der Waals surface area contributed by atoms with E-state index < -0.39 is 18.0 Å². The molecule has 0 radical (unpaired) electrons. The van der Waals surface area contributed by atoms with Crippen molar-refractivity contribution in [3.8, 4) is 11.6 Å². The number of piperidine rings is 1. The largest absolute Gasteiger partial charge is 0.419 e. The molecule has 0 spiro atoms. The maximum Gasteiger partial charge on any atom is 0.323 e. The van der Waals surface area contributed by atoms with Crippen LogP contribution in [0.15, 0.2) is 53.3 Å². The van der Waals surface area contributed by atoms with E-state index in [1.54, 1.807) is 23.5 Å². The third kappa shape index (κ3) is 8.38. The van der Waals surface area contributed by atoms with Crippen molar-refractivity contribution >= 4 is 52.4 Å². The fraction of sp³-hybridized carbons (Fsp3) is 0.442. The summed E-state index contributed by atoms with van der Waals surface area (Å²) in [7, 11) is 0. The number of amides is 6. The second kappa shape index (κ2) is 17.1. The summed E-state index contributed by atoms with van der Waals surface area (Å²) in [6.45, 7) is 4.79. The van der Waals surface area contributed by atoms with Crippen molar-refractivity contribution in [2.45, 2.75) is 96.1 Å². The molecule has 1 atom stereocenters. The lowest BCUT2D eigenvalue weighted by Gasteiger charge is -2.36. The van der Waals surface area contributed by atoms with Gasteiger partial charge in [0.25, 0.3) is 11.8 Å². The molecule has 4 aliphatic rings. The Kier molecular flexibility index (Phi) is 11.1. The molecule has 18 nitrogen and oxygen atoms in total. The number of hydrogen-bond donors (Lipinski definition) is 3. The van der Waals surface area contributed by atoms with Crippen molar-refractivity contribution in [3.63, 3.8) is 0 Å². The maximum atomic E-state index is 13.1. The molecule has 0 bridgehead atoms. The Bertz CT molecular complexity index is 2520. The zero-order valence-corrected chi connectivity index (χ0v) is 34.1. The maximum absolute atomic E-state index is 13.1. The second-order valence-electron chi connectivity index (χ2n) is 16.3. The molecule has 6 amide bonds. The van der Waals surface area contributed by atoms with E-state index >= 15 is 0 Å². The molecule has 4 aromatic heterocycles. The average molecular weight is 835 g/mol. The van der Waals surface area contributed by atoms with E-state index in [1.807, 2.05) is 46.7 Å². The van der Waals surface area contributed by atoms with Crippen LogP contribution in [0.2, 0.25) is 0 Å². The Morgan fingerprint density at radius 2 is 1.77 bits per heavy atom. The van der Waals surface area contributed by atoms with Crippen molar-refractivity contribution in [1.82, 2.24) is 44.9 Å². The highest BCUT2D eigenvalue weighted by Gasteiger charge is 2.39. The van der Waals surface area contributed by atoms with Gasteiger partial charge in [0.15, 0.2) is 5.65 Å². The molecule has 3 fully saturated rings. The van der Waals surface area contributed by atoms with Gasteiger partial charge in [0, 0.05) is 79.5 Å². The first kappa shape index (κ1) is 39.7. The van der Waals surface area contributed by atoms with Gasteiger partial charge in [-0.05, 0) is 74.4 Å². The quantitative estimate of drug-likeness (QED) is 0.102. The number of anilines is 3. The molecule has 2 saturated heterocycles. The molecule has 1 aliphatic carbocycles. The zero-order chi connectivity index (χ0) is 42.0. The summed E-state index contributed by atoms with van der Waals surface area (Å²) in [6.07, 6.45) is 13.3. The molecule has 5 aromatic rings. The first-order valence-electron chi connectivity index (χ1n) is 21.2. The van der Waals surface area contributed by atoms with Gasteiger partial charge in [-0.1, -0.05) is 19.3 Å². The molecule has 322 valence electrons. The fourth-order valence-electron chi connectivity index (χ4n) is 9.04. The number of aromatic nitrogens is 6. The number of urea groups is 1. The summed E-state index contributed by atoms with van der Waals surface area (Å²) in [5, 5.41) is 21.1. The van der Waals surface area contributed by atoms with Crippen LogP contribution in [0.3, 0.4) is 0 Å². The van der Waals surface area contributed by atoms with Gasteiger partial charge < -0.3 is 29.8 Å². The number of benzene rings is 1. The Balaban J connectivity index is 0.00000227. The highest BCUT2D eigenvalue weighted by atomic mass is 16.4. The van der Waals surface area contributed by atoms with E-state index in [9.17, 15) is 24.0 Å². The van der Waals surface area contributed by atoms with Crippen molar-refractivity contribution in [3.05, 3.63) is 77.2 Å². The molecular formula is C43H54N12O6. The number of nitrogens with zero attached hydrogens (tertiary/aromatic N) is 9. The Hall–Kier alpha value is -6.72. The number of piperazine rings is 1. The van der Waals surface area contributed by atoms with Crippen molar-refractivity contribution in [1.29, 1.82) is 0 Å². The number of carbonyl (C=O) groups excluding carboxylic acids is 5. The normalized spacial score (nSPS) is 18.2. The first-order valence-corrected chi connectivity index (χ1v) is 21.2. The van der Waals surface area contributed by atoms with Crippen LogP contribution in [0.4, 0.5) is 21.9 Å². The fourth-order valence-corrected chi connectivity index (χ4v) is 9.04. The predicted octanol–water partition coefficient (Wildman–Crippen LogP) is 5.74. The molecule has 7 heterocycles. The summed E-state index contributed by atoms with van der Waals surface area (Å²) in [4.78, 5) is 78.0. The number of pyridine rings is 1. The van der Waals surface area contributed by atoms with E-state index in [-0.39, 0.29) is 28.4 Å². The van der Waals surface area contributed by atoms with Gasteiger partial charge in [0.05, 0.1) is 35.7 Å². The molecule has 3 N–H and O–H groups in total. The standard InChI is InChI=1S/C43H48N12O6.3H2/c1-26-21-29(47-43(60)48-32-24-44-34-15-16-46-55(34)39(32)27-7-5-6-8-27)23-45-38(26)41-51-50-36(61-41)9-3-2-4-10-37(57)53-19-17-52(18-20-53)30-11-12-31-28(22-30)25-54(42(31)59)33-13-14-35(56)49-40(33)58;;;/h11-12,15-16,21-24,27,33H,2-10,13-14,17-20,25H2,1H3,(H2,47,48,60)(H,49,56,58);3*1H. The number of fused-ring (bicyclic) bond motifs is 2. The number of nitrogens with one attached hydrogen (secondary N) is 3. The predicted molar refractivity (Wildman–Crippen MR) is 229 cm³/mol. The number of unbranched alkanes of at least 4 members (excludes halogenated alkanes) is 2.